The van der Waals surface area contributed by atoms with E-state index < -0.39 is 0 Å². The largest absolute Gasteiger partial charge is 0.396 e. The molecular formula is C31H32N6O4S. The Bertz CT molecular complexity index is 1570. The van der Waals surface area contributed by atoms with Gasteiger partial charge in [0.15, 0.2) is 5.16 Å². The second-order valence-corrected chi connectivity index (χ2v) is 11.3. The molecule has 10 nitrogen and oxygen atoms in total. The fourth-order valence-electron chi connectivity index (χ4n) is 5.62. The molecule has 2 aliphatic rings. The normalized spacial score (nSPS) is 15.5. The van der Waals surface area contributed by atoms with Gasteiger partial charge in [-0.2, -0.15) is 0 Å². The summed E-state index contributed by atoms with van der Waals surface area (Å²) in [5, 5.41) is 20.1. The minimum atomic E-state index is -0.313. The third-order valence-corrected chi connectivity index (χ3v) is 8.73. The van der Waals surface area contributed by atoms with E-state index in [0.29, 0.717) is 47.0 Å². The maximum atomic E-state index is 13.4. The minimum Gasteiger partial charge on any atom is -0.396 e. The van der Waals surface area contributed by atoms with Crippen LogP contribution in [0.4, 0.5) is 0 Å². The van der Waals surface area contributed by atoms with Crippen molar-refractivity contribution < 1.29 is 19.5 Å². The van der Waals surface area contributed by atoms with Crippen LogP contribution in [0.25, 0.3) is 16.5 Å². The number of carbonyl (C=O) groups excluding carboxylic acids is 3. The van der Waals surface area contributed by atoms with Gasteiger partial charge in [-0.15, -0.1) is 10.2 Å². The summed E-state index contributed by atoms with van der Waals surface area (Å²) in [6.07, 6.45) is 1.05. The zero-order valence-electron chi connectivity index (χ0n) is 23.2. The molecule has 4 aromatic rings. The van der Waals surface area contributed by atoms with Gasteiger partial charge in [0.25, 0.3) is 11.8 Å². The number of rotatable bonds is 10. The first-order valence-corrected chi connectivity index (χ1v) is 15.1. The number of nitrogens with zero attached hydrogens (tertiary/aromatic N) is 6. The Morgan fingerprint density at radius 3 is 2.19 bits per heavy atom. The van der Waals surface area contributed by atoms with Gasteiger partial charge in [0, 0.05) is 74.5 Å². The van der Waals surface area contributed by atoms with Crippen molar-refractivity contribution >= 4 is 40.3 Å². The predicted molar refractivity (Wildman–Crippen MR) is 160 cm³/mol. The van der Waals surface area contributed by atoms with E-state index in [9.17, 15) is 14.4 Å². The summed E-state index contributed by atoms with van der Waals surface area (Å²) in [6, 6.07) is 20.7. The molecule has 0 spiro atoms. The van der Waals surface area contributed by atoms with Crippen LogP contribution in [0.15, 0.2) is 71.9 Å². The van der Waals surface area contributed by atoms with Crippen molar-refractivity contribution in [1.82, 2.24) is 29.5 Å². The van der Waals surface area contributed by atoms with Gasteiger partial charge < -0.3 is 10.0 Å². The highest BCUT2D eigenvalue weighted by Crippen LogP contribution is 2.30. The first-order chi connectivity index (χ1) is 20.5. The molecule has 3 aromatic carbocycles. The van der Waals surface area contributed by atoms with Crippen molar-refractivity contribution in [2.24, 2.45) is 0 Å². The molecule has 0 bridgehead atoms. The Labute approximate surface area is 247 Å². The second kappa shape index (κ2) is 12.4. The molecule has 6 rings (SSSR count). The van der Waals surface area contributed by atoms with Crippen LogP contribution in [-0.2, 0) is 11.2 Å². The Morgan fingerprint density at radius 2 is 1.52 bits per heavy atom. The van der Waals surface area contributed by atoms with Crippen molar-refractivity contribution in [2.45, 2.75) is 18.0 Å². The van der Waals surface area contributed by atoms with Gasteiger partial charge in [0.1, 0.15) is 5.82 Å². The zero-order chi connectivity index (χ0) is 29.1. The van der Waals surface area contributed by atoms with E-state index in [1.54, 1.807) is 12.1 Å². The fraction of sp³-hybridized carbons (Fsp3) is 0.323. The number of aliphatic hydroxyl groups excluding tert-OH is 1. The van der Waals surface area contributed by atoms with E-state index in [1.165, 1.54) is 16.7 Å². The van der Waals surface area contributed by atoms with E-state index in [1.807, 2.05) is 64.1 Å². The molecule has 0 aliphatic carbocycles. The van der Waals surface area contributed by atoms with E-state index in [0.717, 1.165) is 37.1 Å². The highest BCUT2D eigenvalue weighted by atomic mass is 32.2. The van der Waals surface area contributed by atoms with E-state index >= 15 is 0 Å². The average Bonchev–Trinajstić information content (AvgIpc) is 3.44. The number of aromatic nitrogens is 3. The van der Waals surface area contributed by atoms with Crippen molar-refractivity contribution in [3.05, 3.63) is 83.7 Å². The van der Waals surface area contributed by atoms with Gasteiger partial charge in [-0.05, 0) is 36.1 Å². The Kier molecular flexibility index (Phi) is 8.31. The molecule has 1 aromatic heterocycles. The molecule has 2 aliphatic heterocycles. The lowest BCUT2D eigenvalue weighted by Crippen LogP contribution is -2.49. The molecule has 1 saturated heterocycles. The summed E-state index contributed by atoms with van der Waals surface area (Å²) in [6.45, 7) is 4.09. The average molecular weight is 585 g/mol. The smallest absolute Gasteiger partial charge is 0.261 e. The van der Waals surface area contributed by atoms with Gasteiger partial charge in [0.05, 0.1) is 5.75 Å². The summed E-state index contributed by atoms with van der Waals surface area (Å²) in [5.74, 6) is 0.249. The standard InChI is InChI=1S/C31H32N6O4S/c38-20-6-14-34-16-18-35(19-17-34)27(39)21-42-31-33-32-26(37(31)23-9-2-1-3-10-23)13-15-36-29(40)24-11-4-7-22-8-5-12-25(28(22)24)30(36)41/h1-5,7-12,38H,6,13-21H2. The molecule has 0 saturated carbocycles. The minimum absolute atomic E-state index is 0.0447. The van der Waals surface area contributed by atoms with Crippen molar-refractivity contribution in [3.8, 4) is 5.69 Å². The van der Waals surface area contributed by atoms with Crippen LogP contribution in [-0.4, -0.2) is 104 Å². The van der Waals surface area contributed by atoms with Crippen molar-refractivity contribution in [2.75, 3.05) is 51.6 Å². The number of imide groups is 1. The number of hydrogen-bond acceptors (Lipinski definition) is 8. The Hall–Kier alpha value is -4.06. The lowest BCUT2D eigenvalue weighted by molar-refractivity contribution is -0.130. The number of carbonyl (C=O) groups is 3. The number of benzene rings is 3. The number of amides is 3. The Morgan fingerprint density at radius 1 is 0.833 bits per heavy atom. The monoisotopic (exact) mass is 584 g/mol. The van der Waals surface area contributed by atoms with Gasteiger partial charge in [-0.25, -0.2) is 0 Å². The summed E-state index contributed by atoms with van der Waals surface area (Å²) in [4.78, 5) is 45.3. The predicted octanol–water partition coefficient (Wildman–Crippen LogP) is 2.88. The number of para-hydroxylation sites is 1. The third kappa shape index (κ3) is 5.55. The lowest BCUT2D eigenvalue weighted by Gasteiger charge is -2.34. The molecule has 216 valence electrons. The molecule has 42 heavy (non-hydrogen) atoms. The van der Waals surface area contributed by atoms with Gasteiger partial charge >= 0.3 is 0 Å². The van der Waals surface area contributed by atoms with Crippen molar-refractivity contribution in [3.63, 3.8) is 0 Å². The van der Waals surface area contributed by atoms with E-state index in [2.05, 4.69) is 15.1 Å². The molecule has 1 fully saturated rings. The number of hydrogen-bond donors (Lipinski definition) is 1. The highest BCUT2D eigenvalue weighted by Gasteiger charge is 2.33. The molecule has 1 N–H and O–H groups in total. The lowest BCUT2D eigenvalue weighted by atomic mass is 9.94. The fourth-order valence-corrected chi connectivity index (χ4v) is 6.49. The van der Waals surface area contributed by atoms with Crippen LogP contribution < -0.4 is 0 Å². The molecule has 3 amide bonds. The molecule has 0 radical (unpaired) electrons. The van der Waals surface area contributed by atoms with Crippen LogP contribution in [0.1, 0.15) is 33.0 Å². The maximum Gasteiger partial charge on any atom is 0.261 e. The van der Waals surface area contributed by atoms with Crippen LogP contribution in [0.3, 0.4) is 0 Å². The SMILES string of the molecule is O=C(CSc1nnc(CCN2C(=O)c3cccc4cccc(c34)C2=O)n1-c1ccccc1)N1CCN(CCCO)CC1. The summed E-state index contributed by atoms with van der Waals surface area (Å²) in [5.41, 5.74) is 1.89. The maximum absolute atomic E-state index is 13.4. The quantitative estimate of drug-likeness (QED) is 0.224. The number of piperazine rings is 1. The topological polar surface area (TPSA) is 112 Å². The summed E-state index contributed by atoms with van der Waals surface area (Å²) >= 11 is 1.33. The zero-order valence-corrected chi connectivity index (χ0v) is 24.0. The molecule has 11 heteroatoms. The van der Waals surface area contributed by atoms with E-state index in [-0.39, 0.29) is 36.6 Å². The number of thioether (sulfide) groups is 1. The molecule has 0 atom stereocenters. The molecular weight excluding hydrogens is 552 g/mol. The van der Waals surface area contributed by atoms with Gasteiger partial charge in [-0.3, -0.25) is 28.8 Å². The Balaban J connectivity index is 1.17. The third-order valence-electron chi connectivity index (χ3n) is 7.81. The van der Waals surface area contributed by atoms with Crippen LogP contribution in [0.2, 0.25) is 0 Å². The van der Waals surface area contributed by atoms with Gasteiger partial charge in [0.2, 0.25) is 5.91 Å². The summed E-state index contributed by atoms with van der Waals surface area (Å²) in [7, 11) is 0. The van der Waals surface area contributed by atoms with Gasteiger partial charge in [-0.1, -0.05) is 54.2 Å². The number of aliphatic hydroxyl groups is 1. The first kappa shape index (κ1) is 28.1. The molecule has 3 heterocycles. The first-order valence-electron chi connectivity index (χ1n) is 14.2. The second-order valence-electron chi connectivity index (χ2n) is 10.4. The highest BCUT2D eigenvalue weighted by molar-refractivity contribution is 7.99. The van der Waals surface area contributed by atoms with Crippen LogP contribution >= 0.6 is 11.8 Å². The molecule has 0 unspecified atom stereocenters. The van der Waals surface area contributed by atoms with Crippen LogP contribution in [0, 0.1) is 0 Å². The van der Waals surface area contributed by atoms with E-state index in [4.69, 9.17) is 5.11 Å². The van der Waals surface area contributed by atoms with Crippen molar-refractivity contribution in [1.29, 1.82) is 0 Å². The summed E-state index contributed by atoms with van der Waals surface area (Å²) < 4.78 is 1.90. The van der Waals surface area contributed by atoms with Crippen LogP contribution in [0.5, 0.6) is 0 Å².